The van der Waals surface area contributed by atoms with Crippen molar-refractivity contribution in [1.29, 1.82) is 0 Å². The molecule has 5 aromatic carbocycles. The summed E-state index contributed by atoms with van der Waals surface area (Å²) in [6.45, 7) is 18.7. The second kappa shape index (κ2) is 38.8. The highest BCUT2D eigenvalue weighted by Crippen LogP contribution is 2.43. The second-order valence-corrected chi connectivity index (χ2v) is 33.1. The second-order valence-electron chi connectivity index (χ2n) is 28.0. The van der Waals surface area contributed by atoms with Gasteiger partial charge in [-0.25, -0.2) is 44.3 Å². The van der Waals surface area contributed by atoms with E-state index in [0.717, 1.165) is 74.4 Å². The number of nitrogens with one attached hydrogen (secondary N) is 3. The number of aromatic nitrogens is 10. The molecule has 13 rings (SSSR count). The van der Waals surface area contributed by atoms with Gasteiger partial charge in [-0.3, -0.25) is 19.3 Å². The first-order chi connectivity index (χ1) is 51.5. The van der Waals surface area contributed by atoms with Crippen LogP contribution in [0.4, 0.5) is 19.0 Å². The van der Waals surface area contributed by atoms with Gasteiger partial charge >= 0.3 is 12.2 Å². The zero-order chi connectivity index (χ0) is 77.3. The minimum Gasteiger partial charge on any atom is -0.444 e. The number of H-pyrrole nitrogens is 1. The first kappa shape index (κ1) is 85.9. The van der Waals surface area contributed by atoms with Crippen LogP contribution in [-0.4, -0.2) is 150 Å². The molecule has 0 radical (unpaired) electrons. The van der Waals surface area contributed by atoms with Crippen molar-refractivity contribution in [2.45, 2.75) is 133 Å². The number of aromatic amines is 1. The number of hydrogen-bond acceptors (Lipinski definition) is 19. The number of nitrogens with zero attached hydrogens (tertiary/aromatic N) is 12. The highest BCUT2D eigenvalue weighted by Gasteiger charge is 2.37. The van der Waals surface area contributed by atoms with Gasteiger partial charge in [0.2, 0.25) is 0 Å². The maximum Gasteiger partial charge on any atom is 0.410 e. The Morgan fingerprint density at radius 3 is 1.48 bits per heavy atom. The molecular weight excluding hydrogens is 1530 g/mol. The van der Waals surface area contributed by atoms with Crippen LogP contribution in [0.3, 0.4) is 0 Å². The van der Waals surface area contributed by atoms with Crippen molar-refractivity contribution >= 4 is 89.6 Å². The van der Waals surface area contributed by atoms with Gasteiger partial charge in [-0.05, 0) is 210 Å². The van der Waals surface area contributed by atoms with Gasteiger partial charge in [0.25, 0.3) is 25.3 Å². The zero-order valence-electron chi connectivity index (χ0n) is 61.9. The Bertz CT molecular complexity index is 4950. The Morgan fingerprint density at radius 2 is 1.02 bits per heavy atom. The number of aryl methyl sites for hydroxylation is 2. The number of amides is 2. The number of carbonyl (C=O) groups excluding carboxylic acids is 3. The molecule has 10 aromatic rings. The highest BCUT2D eigenvalue weighted by atomic mass is 35.5. The van der Waals surface area contributed by atoms with E-state index in [4.69, 9.17) is 61.0 Å². The normalized spacial score (nSPS) is 14.5. The van der Waals surface area contributed by atoms with E-state index in [0.29, 0.717) is 114 Å². The lowest BCUT2D eigenvalue weighted by atomic mass is 9.89. The molecule has 3 N–H and O–H groups in total. The number of hydrazone groups is 1. The minimum atomic E-state index is -4.08. The lowest BCUT2D eigenvalue weighted by Crippen LogP contribution is -2.43. The molecule has 0 saturated carbocycles. The highest BCUT2D eigenvalue weighted by molar-refractivity contribution is 7.90. The van der Waals surface area contributed by atoms with Gasteiger partial charge in [-0.2, -0.15) is 36.2 Å². The van der Waals surface area contributed by atoms with E-state index in [1.807, 2.05) is 97.9 Å². The van der Waals surface area contributed by atoms with Crippen molar-refractivity contribution in [3.8, 4) is 45.0 Å². The molecule has 110 heavy (non-hydrogen) atoms. The number of carbonyl (C=O) groups is 3. The molecule has 0 unspecified atom stereocenters. The third kappa shape index (κ3) is 23.4. The van der Waals surface area contributed by atoms with Crippen LogP contribution in [0.2, 0.25) is 15.1 Å². The molecule has 3 aliphatic rings. The summed E-state index contributed by atoms with van der Waals surface area (Å²) in [7, 11) is -7.89. The molecule has 0 spiro atoms. The van der Waals surface area contributed by atoms with E-state index in [-0.39, 0.29) is 46.1 Å². The van der Waals surface area contributed by atoms with E-state index < -0.39 is 36.5 Å². The van der Waals surface area contributed by atoms with Gasteiger partial charge < -0.3 is 24.6 Å². The van der Waals surface area contributed by atoms with Crippen molar-refractivity contribution in [2.75, 3.05) is 39.3 Å². The monoisotopic (exact) mass is 1630 g/mol. The van der Waals surface area contributed by atoms with Crippen LogP contribution in [-0.2, 0) is 35.9 Å². The number of piperidine rings is 3. The summed E-state index contributed by atoms with van der Waals surface area (Å²) in [4.78, 5) is 66.9. The maximum absolute atomic E-state index is 14.2. The number of rotatable bonds is 15. The van der Waals surface area contributed by atoms with E-state index in [2.05, 4.69) is 55.4 Å². The molecule has 2 amide bonds. The fraction of sp³-hybridized carbons (Fsp3) is 0.333. The molecule has 0 aliphatic carbocycles. The third-order valence-electron chi connectivity index (χ3n) is 17.8. The first-order valence-corrected chi connectivity index (χ1v) is 39.5. The van der Waals surface area contributed by atoms with Crippen LogP contribution in [0, 0.1) is 19.8 Å². The summed E-state index contributed by atoms with van der Waals surface area (Å²) in [6, 6.07) is 40.1. The van der Waals surface area contributed by atoms with Crippen molar-refractivity contribution in [3.05, 3.63) is 226 Å². The summed E-state index contributed by atoms with van der Waals surface area (Å²) in [5.41, 5.74) is 10.6. The summed E-state index contributed by atoms with van der Waals surface area (Å²) in [6.07, 6.45) is 13.7. The lowest BCUT2D eigenvalue weighted by molar-refractivity contribution is 0.0192. The molecular formula is C78H91Cl4F2N15O9S2. The molecule has 32 heteroatoms. The van der Waals surface area contributed by atoms with Crippen molar-refractivity contribution < 1.29 is 53.0 Å². The number of benzene rings is 5. The zero-order valence-corrected chi connectivity index (χ0v) is 66.5. The number of sulfonamides is 1. The van der Waals surface area contributed by atoms with Crippen molar-refractivity contribution in [1.82, 2.24) is 69.2 Å². The summed E-state index contributed by atoms with van der Waals surface area (Å²) in [5, 5.41) is 21.8. The quantitative estimate of drug-likeness (QED) is 0.0488. The van der Waals surface area contributed by atoms with Crippen LogP contribution in [0.15, 0.2) is 192 Å². The van der Waals surface area contributed by atoms with Crippen LogP contribution < -0.4 is 10.1 Å². The summed E-state index contributed by atoms with van der Waals surface area (Å²) < 4.78 is 66.1. The predicted octanol–water partition coefficient (Wildman–Crippen LogP) is 16.8. The number of halogens is 6. The predicted molar refractivity (Wildman–Crippen MR) is 428 cm³/mol. The standard InChI is InChI=1S/C30H32ClN5O4S.C23H31N5O4S.C18H18ClN5.C7H4Cl2O.2FH.2H2/c1-20-5-11-24(12-6-20)41(38,39)36-28(22-14-17-35(18-15-22)29(37)40-30(2,3)4)26(25-13-16-32-19-33-25)27(34-36)21-7-9-23(31)10-8-21;1-17-5-7-20(8-6-17)33(30,31)27-26-21(15-19-9-12-24-16-25-19)18-10-13-28(14-11-18)22(29)32-23(2,3)4;19-14-3-1-12(2-4-14)17-16(15-7-10-21-11-22-15)18(24-23-17)13-5-8-20-9-6-13;8-6-3-1-5(2-4-6)7(9)10;;;;/h5-13,16,19,22H,14-15,17-18H2,1-4H3;5-9,12,16,18,27H,10-11,13-15H2,1-4H3;1-4,7,10-11,13,20H,5-6,8-9H2,(H,23,24);1-4H;4*1H/b;26-21+;;;;;;/i;;;;;;2*1+2. The third-order valence-corrected chi connectivity index (χ3v) is 21.6. The average molecular weight is 1630 g/mol. The van der Waals surface area contributed by atoms with Crippen LogP contribution >= 0.6 is 46.4 Å². The molecule has 5 aromatic heterocycles. The molecule has 0 atom stereocenters. The fourth-order valence-electron chi connectivity index (χ4n) is 12.3. The van der Waals surface area contributed by atoms with Gasteiger partial charge in [0.1, 0.15) is 41.6 Å². The molecule has 24 nitrogen and oxygen atoms in total. The number of ether oxygens (including phenoxy) is 2. The first-order valence-electron chi connectivity index (χ1n) is 35.1. The molecule has 3 saturated heterocycles. The van der Waals surface area contributed by atoms with Crippen LogP contribution in [0.5, 0.6) is 0 Å². The molecule has 8 heterocycles. The van der Waals surface area contributed by atoms with Gasteiger partial charge in [0.15, 0.2) is 0 Å². The summed E-state index contributed by atoms with van der Waals surface area (Å²) in [5.74, 6) is 0.233. The van der Waals surface area contributed by atoms with E-state index in [1.54, 1.807) is 132 Å². The van der Waals surface area contributed by atoms with Gasteiger partial charge in [0, 0.05) is 126 Å². The van der Waals surface area contributed by atoms with E-state index in [9.17, 15) is 31.2 Å². The van der Waals surface area contributed by atoms with Gasteiger partial charge in [0.05, 0.1) is 32.4 Å². The Labute approximate surface area is 662 Å². The van der Waals surface area contributed by atoms with Gasteiger partial charge in [-0.15, -0.1) is 0 Å². The topological polar surface area (TPSA) is 305 Å². The van der Waals surface area contributed by atoms with Crippen molar-refractivity contribution in [2.24, 2.45) is 11.0 Å². The van der Waals surface area contributed by atoms with Crippen molar-refractivity contribution in [3.63, 3.8) is 0 Å². The largest absolute Gasteiger partial charge is 0.444 e. The Balaban J connectivity index is 0.000000248. The Morgan fingerprint density at radius 1 is 0.564 bits per heavy atom. The van der Waals surface area contributed by atoms with E-state index >= 15 is 0 Å². The smallest absolute Gasteiger partial charge is 0.410 e. The van der Waals surface area contributed by atoms with Gasteiger partial charge in [-0.1, -0.05) is 94.5 Å². The summed E-state index contributed by atoms with van der Waals surface area (Å²) >= 11 is 22.9. The molecule has 3 aliphatic heterocycles. The average Bonchev–Trinajstić information content (AvgIpc) is 1.58. The van der Waals surface area contributed by atoms with Crippen LogP contribution in [0.1, 0.15) is 133 Å². The number of hydrogen-bond donors (Lipinski definition) is 3. The SMILES string of the molecule is Cc1ccc(S(=O)(=O)N/N=C(\Cc2ccncn2)C2CCN(C(=O)OC(C)(C)C)CC2)cc1.Cc1ccc(S(=O)(=O)n2nc(-c3ccc(Cl)cc3)c(-c3ccncn3)c2C2CCN(C(=O)OC(C)(C)C)CC2)cc1.Clc1ccc(-c2n[nH]c(C3CCNCC3)c2-c2ccncn2)cc1.F.F.O=C(Cl)c1ccc(Cl)cc1.[3HH].[3HH]. The number of likely N-dealkylation sites (tertiary alicyclic amines) is 2. The molecule has 3 fully saturated rings. The maximum atomic E-state index is 14.2. The Kier molecular flexibility index (Phi) is 30.3. The Hall–Kier alpha value is -9.68. The van der Waals surface area contributed by atoms with Crippen LogP contribution in [0.25, 0.3) is 45.0 Å². The fourth-order valence-corrected chi connectivity index (χ4v) is 15.0. The van der Waals surface area contributed by atoms with E-state index in [1.165, 1.54) is 18.3 Å². The molecule has 586 valence electrons. The minimum absolute atomic E-state index is 0. The molecule has 0 bridgehead atoms. The lowest BCUT2D eigenvalue weighted by Gasteiger charge is -2.33.